The second kappa shape index (κ2) is 5.31. The third kappa shape index (κ3) is 3.18. The Morgan fingerprint density at radius 1 is 1.13 bits per heavy atom. The second-order valence-electron chi connectivity index (χ2n) is 5.51. The summed E-state index contributed by atoms with van der Waals surface area (Å²) >= 11 is 0. The molecule has 0 aromatic carbocycles. The maximum Gasteiger partial charge on any atom is 0.0700 e. The highest BCUT2D eigenvalue weighted by atomic mass is 16.5. The van der Waals surface area contributed by atoms with Crippen LogP contribution in [0.3, 0.4) is 0 Å². The fourth-order valence-electron chi connectivity index (χ4n) is 2.84. The normalized spacial score (nSPS) is 42.0. The average Bonchev–Trinajstić information content (AvgIpc) is 2.73. The maximum absolute atomic E-state index is 5.63. The molecule has 2 fully saturated rings. The van der Waals surface area contributed by atoms with E-state index < -0.39 is 0 Å². The molecule has 2 aliphatic rings. The first-order valence-corrected chi connectivity index (χ1v) is 6.60. The Hall–Kier alpha value is -0.0800. The van der Waals surface area contributed by atoms with Crippen LogP contribution in [0.2, 0.25) is 0 Å². The van der Waals surface area contributed by atoms with Crippen molar-refractivity contribution in [3.8, 4) is 0 Å². The molecule has 1 aliphatic carbocycles. The van der Waals surface area contributed by atoms with Crippen molar-refractivity contribution in [3.63, 3.8) is 0 Å². The smallest absolute Gasteiger partial charge is 0.0700 e. The Labute approximate surface area is 93.8 Å². The van der Waals surface area contributed by atoms with E-state index in [9.17, 15) is 0 Å². The van der Waals surface area contributed by atoms with E-state index in [2.05, 4.69) is 19.2 Å². The van der Waals surface area contributed by atoms with E-state index in [-0.39, 0.29) is 0 Å². The monoisotopic (exact) mass is 211 g/mol. The molecule has 1 saturated heterocycles. The zero-order chi connectivity index (χ0) is 10.7. The molecule has 88 valence electrons. The molecule has 0 aromatic heterocycles. The highest BCUT2D eigenvalue weighted by molar-refractivity contribution is 4.81. The van der Waals surface area contributed by atoms with Crippen molar-refractivity contribution in [1.82, 2.24) is 5.32 Å². The van der Waals surface area contributed by atoms with Crippen molar-refractivity contribution in [1.29, 1.82) is 0 Å². The molecular weight excluding hydrogens is 186 g/mol. The summed E-state index contributed by atoms with van der Waals surface area (Å²) in [5.74, 6) is 1.81. The van der Waals surface area contributed by atoms with Crippen molar-refractivity contribution >= 4 is 0 Å². The van der Waals surface area contributed by atoms with Gasteiger partial charge in [0, 0.05) is 19.2 Å². The fraction of sp³-hybridized carbons (Fsp3) is 1.00. The molecular formula is C13H25NO. The summed E-state index contributed by atoms with van der Waals surface area (Å²) in [5.41, 5.74) is 0. The molecule has 0 unspecified atom stereocenters. The van der Waals surface area contributed by atoms with Crippen LogP contribution in [-0.4, -0.2) is 25.3 Å². The molecule has 0 spiro atoms. The summed E-state index contributed by atoms with van der Waals surface area (Å²) in [6.07, 6.45) is 7.12. The lowest BCUT2D eigenvalue weighted by Crippen LogP contribution is -2.39. The van der Waals surface area contributed by atoms with E-state index >= 15 is 0 Å². The summed E-state index contributed by atoms with van der Waals surface area (Å²) in [7, 11) is 0. The van der Waals surface area contributed by atoms with Gasteiger partial charge in [-0.2, -0.15) is 0 Å². The maximum atomic E-state index is 5.63. The zero-order valence-corrected chi connectivity index (χ0v) is 10.2. The number of hydrogen-bond donors (Lipinski definition) is 1. The predicted molar refractivity (Wildman–Crippen MR) is 62.9 cm³/mol. The SMILES string of the molecule is C[C@@H]1CC[C@@H](NC[C@@H]2CCCO2)C[C@@H]1C. The fourth-order valence-corrected chi connectivity index (χ4v) is 2.84. The number of ether oxygens (including phenoxy) is 1. The lowest BCUT2D eigenvalue weighted by molar-refractivity contribution is 0.102. The average molecular weight is 211 g/mol. The van der Waals surface area contributed by atoms with Gasteiger partial charge in [-0.3, -0.25) is 0 Å². The van der Waals surface area contributed by atoms with Crippen LogP contribution in [0.5, 0.6) is 0 Å². The van der Waals surface area contributed by atoms with E-state index in [1.165, 1.54) is 32.1 Å². The number of nitrogens with one attached hydrogen (secondary N) is 1. The highest BCUT2D eigenvalue weighted by Gasteiger charge is 2.25. The second-order valence-corrected chi connectivity index (χ2v) is 5.51. The van der Waals surface area contributed by atoms with Gasteiger partial charge in [-0.15, -0.1) is 0 Å². The molecule has 0 aromatic rings. The Morgan fingerprint density at radius 2 is 2.00 bits per heavy atom. The van der Waals surface area contributed by atoms with Gasteiger partial charge in [-0.1, -0.05) is 13.8 Å². The van der Waals surface area contributed by atoms with Crippen LogP contribution in [0.4, 0.5) is 0 Å². The molecule has 0 amide bonds. The van der Waals surface area contributed by atoms with Crippen LogP contribution < -0.4 is 5.32 Å². The Morgan fingerprint density at radius 3 is 2.67 bits per heavy atom. The first-order valence-electron chi connectivity index (χ1n) is 6.60. The van der Waals surface area contributed by atoms with Crippen LogP contribution >= 0.6 is 0 Å². The van der Waals surface area contributed by atoms with E-state index in [1.807, 2.05) is 0 Å². The van der Waals surface area contributed by atoms with Gasteiger partial charge in [-0.05, 0) is 43.9 Å². The summed E-state index contributed by atoms with van der Waals surface area (Å²) in [5, 5.41) is 3.69. The van der Waals surface area contributed by atoms with Gasteiger partial charge in [0.25, 0.3) is 0 Å². The van der Waals surface area contributed by atoms with E-state index in [4.69, 9.17) is 4.74 Å². The van der Waals surface area contributed by atoms with Crippen molar-refractivity contribution < 1.29 is 4.74 Å². The zero-order valence-electron chi connectivity index (χ0n) is 10.2. The minimum atomic E-state index is 0.500. The van der Waals surface area contributed by atoms with E-state index in [1.54, 1.807) is 0 Å². The van der Waals surface area contributed by atoms with Gasteiger partial charge >= 0.3 is 0 Å². The standard InChI is InChI=1S/C13H25NO/c1-10-5-6-12(8-11(10)2)14-9-13-4-3-7-15-13/h10-14H,3-9H2,1-2H3/t10-,11+,12-,13+/m1/s1. The molecule has 2 rings (SSSR count). The van der Waals surface area contributed by atoms with Gasteiger partial charge in [0.2, 0.25) is 0 Å². The van der Waals surface area contributed by atoms with Crippen molar-refractivity contribution in [3.05, 3.63) is 0 Å². The van der Waals surface area contributed by atoms with Crippen LogP contribution in [-0.2, 0) is 4.74 Å². The lowest BCUT2D eigenvalue weighted by Gasteiger charge is -2.33. The number of rotatable bonds is 3. The first-order chi connectivity index (χ1) is 7.25. The molecule has 1 aliphatic heterocycles. The molecule has 4 atom stereocenters. The van der Waals surface area contributed by atoms with Crippen LogP contribution in [0.25, 0.3) is 0 Å². The minimum absolute atomic E-state index is 0.500. The Kier molecular flexibility index (Phi) is 4.04. The van der Waals surface area contributed by atoms with Crippen LogP contribution in [0, 0.1) is 11.8 Å². The first kappa shape index (κ1) is 11.4. The van der Waals surface area contributed by atoms with Gasteiger partial charge < -0.3 is 10.1 Å². The van der Waals surface area contributed by atoms with E-state index in [0.717, 1.165) is 31.0 Å². The summed E-state index contributed by atoms with van der Waals surface area (Å²) in [6.45, 7) is 6.84. The summed E-state index contributed by atoms with van der Waals surface area (Å²) < 4.78 is 5.63. The molecule has 15 heavy (non-hydrogen) atoms. The Balaban J connectivity index is 1.66. The Bertz CT molecular complexity index is 189. The summed E-state index contributed by atoms with van der Waals surface area (Å²) in [4.78, 5) is 0. The summed E-state index contributed by atoms with van der Waals surface area (Å²) in [6, 6.07) is 0.750. The van der Waals surface area contributed by atoms with Crippen molar-refractivity contribution in [2.24, 2.45) is 11.8 Å². The van der Waals surface area contributed by atoms with Gasteiger partial charge in [-0.25, -0.2) is 0 Å². The minimum Gasteiger partial charge on any atom is -0.377 e. The highest BCUT2D eigenvalue weighted by Crippen LogP contribution is 2.29. The third-order valence-corrected chi connectivity index (χ3v) is 4.26. The quantitative estimate of drug-likeness (QED) is 0.774. The molecule has 1 N–H and O–H groups in total. The van der Waals surface area contributed by atoms with Crippen molar-refractivity contribution in [2.75, 3.05) is 13.2 Å². The molecule has 0 bridgehead atoms. The topological polar surface area (TPSA) is 21.3 Å². The third-order valence-electron chi connectivity index (χ3n) is 4.26. The molecule has 1 saturated carbocycles. The largest absolute Gasteiger partial charge is 0.377 e. The van der Waals surface area contributed by atoms with Crippen molar-refractivity contribution in [2.45, 2.75) is 58.1 Å². The van der Waals surface area contributed by atoms with Crippen LogP contribution in [0.15, 0.2) is 0 Å². The molecule has 2 nitrogen and oxygen atoms in total. The lowest BCUT2D eigenvalue weighted by atomic mass is 9.79. The molecule has 1 heterocycles. The van der Waals surface area contributed by atoms with Gasteiger partial charge in [0.1, 0.15) is 0 Å². The molecule has 0 radical (unpaired) electrons. The van der Waals surface area contributed by atoms with Gasteiger partial charge in [0.05, 0.1) is 6.10 Å². The van der Waals surface area contributed by atoms with Crippen LogP contribution in [0.1, 0.15) is 46.0 Å². The van der Waals surface area contributed by atoms with E-state index in [0.29, 0.717) is 6.10 Å². The molecule has 2 heteroatoms. The van der Waals surface area contributed by atoms with Gasteiger partial charge in [0.15, 0.2) is 0 Å². The predicted octanol–water partition coefficient (Wildman–Crippen LogP) is 2.58. The number of hydrogen-bond acceptors (Lipinski definition) is 2.